The molecule has 8 nitrogen and oxygen atoms in total. The lowest BCUT2D eigenvalue weighted by atomic mass is 9.99. The van der Waals surface area contributed by atoms with E-state index in [1.54, 1.807) is 0 Å². The Morgan fingerprint density at radius 2 is 2.15 bits per heavy atom. The van der Waals surface area contributed by atoms with Crippen LogP contribution in [0.5, 0.6) is 5.75 Å². The van der Waals surface area contributed by atoms with Gasteiger partial charge in [-0.15, -0.1) is 0 Å². The molecule has 0 bridgehead atoms. The molecule has 0 amide bonds. The van der Waals surface area contributed by atoms with E-state index in [4.69, 9.17) is 14.2 Å². The number of allylic oxidation sites excluding steroid dienone is 1. The molecular formula is C26H27N5O3. The van der Waals surface area contributed by atoms with E-state index in [1.807, 2.05) is 54.6 Å². The number of nitrogens with one attached hydrogen (secondary N) is 1. The minimum absolute atomic E-state index is 0.0805. The van der Waals surface area contributed by atoms with Gasteiger partial charge >= 0.3 is 0 Å². The molecule has 0 aliphatic carbocycles. The molecule has 5 rings (SSSR count). The first-order valence-corrected chi connectivity index (χ1v) is 11.4. The monoisotopic (exact) mass is 457 g/mol. The number of aromatic nitrogens is 2. The van der Waals surface area contributed by atoms with Gasteiger partial charge in [0.1, 0.15) is 23.8 Å². The summed E-state index contributed by atoms with van der Waals surface area (Å²) in [5.74, 6) is 1.28. The quantitative estimate of drug-likeness (QED) is 0.708. The zero-order valence-corrected chi connectivity index (χ0v) is 19.2. The predicted molar refractivity (Wildman–Crippen MR) is 129 cm³/mol. The minimum Gasteiger partial charge on any atom is -0.489 e. The fraction of sp³-hybridized carbons (Fsp3) is 0.346. The third kappa shape index (κ3) is 4.53. The summed E-state index contributed by atoms with van der Waals surface area (Å²) in [6, 6.07) is 8.25. The van der Waals surface area contributed by atoms with Crippen LogP contribution in [0.4, 0.5) is 0 Å². The van der Waals surface area contributed by atoms with Crippen LogP contribution in [0.25, 0.3) is 11.1 Å². The smallest absolute Gasteiger partial charge is 0.137 e. The molecule has 34 heavy (non-hydrogen) atoms. The van der Waals surface area contributed by atoms with Crippen LogP contribution in [0.15, 0.2) is 60.1 Å². The van der Waals surface area contributed by atoms with Gasteiger partial charge in [-0.1, -0.05) is 12.6 Å². The van der Waals surface area contributed by atoms with Crippen molar-refractivity contribution in [2.45, 2.75) is 31.9 Å². The van der Waals surface area contributed by atoms with Crippen molar-refractivity contribution >= 4 is 17.0 Å². The molecule has 174 valence electrons. The molecule has 0 radical (unpaired) electrons. The Labute approximate surface area is 198 Å². The number of benzene rings is 1. The number of hydrogen-bond donors (Lipinski definition) is 1. The Morgan fingerprint density at radius 1 is 1.32 bits per heavy atom. The molecule has 1 N–H and O–H groups in total. The van der Waals surface area contributed by atoms with Crippen LogP contribution in [0.2, 0.25) is 0 Å². The maximum absolute atomic E-state index is 9.68. The van der Waals surface area contributed by atoms with Crippen molar-refractivity contribution in [3.63, 3.8) is 0 Å². The van der Waals surface area contributed by atoms with Crippen LogP contribution in [0.1, 0.15) is 42.5 Å². The van der Waals surface area contributed by atoms with Crippen molar-refractivity contribution in [1.82, 2.24) is 15.1 Å². The van der Waals surface area contributed by atoms with Crippen molar-refractivity contribution in [2.24, 2.45) is 4.99 Å². The molecule has 0 unspecified atom stereocenters. The van der Waals surface area contributed by atoms with Gasteiger partial charge in [0.05, 0.1) is 44.2 Å². The van der Waals surface area contributed by atoms with E-state index in [9.17, 15) is 5.26 Å². The van der Waals surface area contributed by atoms with E-state index >= 15 is 0 Å². The Morgan fingerprint density at radius 3 is 2.88 bits per heavy atom. The molecule has 3 aliphatic heterocycles. The van der Waals surface area contributed by atoms with Crippen molar-refractivity contribution in [3.8, 4) is 11.8 Å². The van der Waals surface area contributed by atoms with Crippen LogP contribution in [0.3, 0.4) is 0 Å². The molecule has 1 aromatic heterocycles. The normalized spacial score (nSPS) is 20.6. The highest BCUT2D eigenvalue weighted by atomic mass is 16.5. The third-order valence-corrected chi connectivity index (χ3v) is 6.28. The molecule has 2 aromatic rings. The highest BCUT2D eigenvalue weighted by molar-refractivity contribution is 6.16. The summed E-state index contributed by atoms with van der Waals surface area (Å²) in [4.78, 5) is 4.61. The number of nitriles is 1. The lowest BCUT2D eigenvalue weighted by molar-refractivity contribution is -0.0286. The van der Waals surface area contributed by atoms with Gasteiger partial charge in [-0.3, -0.25) is 4.68 Å². The first-order chi connectivity index (χ1) is 16.6. The summed E-state index contributed by atoms with van der Waals surface area (Å²) < 4.78 is 18.6. The summed E-state index contributed by atoms with van der Waals surface area (Å²) in [6.45, 7) is 9.02. The number of rotatable bonds is 6. The second-order valence-corrected chi connectivity index (χ2v) is 8.62. The van der Waals surface area contributed by atoms with Crippen LogP contribution in [-0.2, 0) is 9.47 Å². The minimum atomic E-state index is 0.0805. The predicted octanol–water partition coefficient (Wildman–Crippen LogP) is 3.84. The first-order valence-electron chi connectivity index (χ1n) is 11.4. The summed E-state index contributed by atoms with van der Waals surface area (Å²) in [6.07, 6.45) is 9.30. The van der Waals surface area contributed by atoms with Gasteiger partial charge in [-0.25, -0.2) is 4.99 Å². The molecule has 3 aliphatic rings. The van der Waals surface area contributed by atoms with E-state index in [0.717, 1.165) is 40.7 Å². The van der Waals surface area contributed by atoms with Crippen molar-refractivity contribution in [2.75, 3.05) is 26.4 Å². The SMILES string of the molecule is C=C1C(c2ccc(OC3CCOCC3)c(C#N)c2)=CNC1=N/C=C(\C)c1cnn(C2COC2)c1. The first kappa shape index (κ1) is 22.1. The van der Waals surface area contributed by atoms with Crippen molar-refractivity contribution in [1.29, 1.82) is 5.26 Å². The van der Waals surface area contributed by atoms with Crippen LogP contribution >= 0.6 is 0 Å². The Kier molecular flexibility index (Phi) is 6.30. The topological polar surface area (TPSA) is 93.7 Å². The Balaban J connectivity index is 1.28. The molecule has 0 spiro atoms. The molecule has 4 heterocycles. The standard InChI is InChI=1S/C26H27N5O3/c1-17(21-12-30-31(14-21)22-15-33-16-22)11-28-26-18(2)24(13-29-26)19-3-4-25(20(9-19)10-27)34-23-5-7-32-8-6-23/h3-4,9,11-14,22-23H,2,5-8,15-16H2,1H3,(H,28,29)/b17-11+. The molecule has 2 fully saturated rings. The Hall–Kier alpha value is -3.67. The summed E-state index contributed by atoms with van der Waals surface area (Å²) in [5, 5.41) is 17.3. The average Bonchev–Trinajstić information content (AvgIpc) is 3.44. The zero-order chi connectivity index (χ0) is 23.5. The van der Waals surface area contributed by atoms with Gasteiger partial charge in [0.25, 0.3) is 0 Å². The third-order valence-electron chi connectivity index (χ3n) is 6.28. The fourth-order valence-corrected chi connectivity index (χ4v) is 4.03. The molecule has 8 heteroatoms. The van der Waals surface area contributed by atoms with Gasteiger partial charge < -0.3 is 19.5 Å². The summed E-state index contributed by atoms with van der Waals surface area (Å²) in [7, 11) is 0. The summed E-state index contributed by atoms with van der Waals surface area (Å²) >= 11 is 0. The maximum atomic E-state index is 9.68. The Bertz CT molecular complexity index is 1220. The number of ether oxygens (including phenoxy) is 3. The van der Waals surface area contributed by atoms with Crippen LogP contribution in [-0.4, -0.2) is 48.1 Å². The van der Waals surface area contributed by atoms with Gasteiger partial charge in [-0.2, -0.15) is 10.4 Å². The highest BCUT2D eigenvalue weighted by Crippen LogP contribution is 2.31. The van der Waals surface area contributed by atoms with Gasteiger partial charge in [-0.05, 0) is 30.2 Å². The molecule has 1 aromatic carbocycles. The van der Waals surface area contributed by atoms with Crippen molar-refractivity contribution in [3.05, 3.63) is 71.8 Å². The van der Waals surface area contributed by atoms with E-state index in [2.05, 4.69) is 28.1 Å². The van der Waals surface area contributed by atoms with Gasteiger partial charge in [0.15, 0.2) is 0 Å². The number of hydrogen-bond acceptors (Lipinski definition) is 6. The van der Waals surface area contributed by atoms with E-state index < -0.39 is 0 Å². The zero-order valence-electron chi connectivity index (χ0n) is 19.2. The van der Waals surface area contributed by atoms with E-state index in [-0.39, 0.29) is 6.10 Å². The van der Waals surface area contributed by atoms with Gasteiger partial charge in [0, 0.05) is 48.1 Å². The highest BCUT2D eigenvalue weighted by Gasteiger charge is 2.22. The lowest BCUT2D eigenvalue weighted by Crippen LogP contribution is -2.30. The molecular weight excluding hydrogens is 430 g/mol. The molecule has 0 saturated carbocycles. The molecule has 0 atom stereocenters. The second kappa shape index (κ2) is 9.67. The molecule has 2 saturated heterocycles. The fourth-order valence-electron chi connectivity index (χ4n) is 4.03. The maximum Gasteiger partial charge on any atom is 0.137 e. The number of nitrogens with zero attached hydrogens (tertiary/aromatic N) is 4. The summed E-state index contributed by atoms with van der Waals surface area (Å²) in [5.41, 5.74) is 5.09. The second-order valence-electron chi connectivity index (χ2n) is 8.62. The lowest BCUT2D eigenvalue weighted by Gasteiger charge is -2.25. The van der Waals surface area contributed by atoms with Gasteiger partial charge in [0.2, 0.25) is 0 Å². The average molecular weight is 458 g/mol. The van der Waals surface area contributed by atoms with E-state index in [0.29, 0.717) is 49.6 Å². The largest absolute Gasteiger partial charge is 0.489 e. The van der Waals surface area contributed by atoms with E-state index in [1.165, 1.54) is 0 Å². The number of amidine groups is 1. The van der Waals surface area contributed by atoms with Crippen molar-refractivity contribution < 1.29 is 14.2 Å². The number of aliphatic imine (C=N–C) groups is 1. The van der Waals surface area contributed by atoms with Crippen LogP contribution in [0, 0.1) is 11.3 Å². The van der Waals surface area contributed by atoms with Crippen LogP contribution < -0.4 is 10.1 Å².